The second-order valence-corrected chi connectivity index (χ2v) is 7.34. The second-order valence-electron chi connectivity index (χ2n) is 7.34. The Bertz CT molecular complexity index is 1370. The lowest BCUT2D eigenvalue weighted by Crippen LogP contribution is -2.09. The molecule has 0 saturated carbocycles. The first kappa shape index (κ1) is 17.4. The molecule has 0 amide bonds. The fourth-order valence-electron chi connectivity index (χ4n) is 3.64. The van der Waals surface area contributed by atoms with Gasteiger partial charge in [0.05, 0.1) is 2.74 Å². The maximum atomic E-state index is 7.89. The van der Waals surface area contributed by atoms with Gasteiger partial charge in [-0.1, -0.05) is 78.8 Å². The van der Waals surface area contributed by atoms with Crippen LogP contribution in [0.5, 0.6) is 11.5 Å². The molecular weight excluding hydrogens is 390 g/mol. The molecule has 0 radical (unpaired) electrons. The van der Waals surface area contributed by atoms with E-state index in [4.69, 9.17) is 7.48 Å². The molecule has 0 N–H and O–H groups in total. The Hall–Kier alpha value is -4.30. The van der Waals surface area contributed by atoms with Gasteiger partial charge < -0.3 is 9.64 Å². The lowest BCUT2D eigenvalue weighted by Gasteiger charge is -2.25. The third kappa shape index (κ3) is 4.40. The highest BCUT2D eigenvalue weighted by Gasteiger charge is 2.12. The predicted octanol–water partition coefficient (Wildman–Crippen LogP) is 8.62. The lowest BCUT2D eigenvalue weighted by molar-refractivity contribution is 0.483. The normalized spacial score (nSPS) is 11.4. The summed E-state index contributed by atoms with van der Waals surface area (Å²) in [5, 5.41) is 0. The van der Waals surface area contributed by atoms with Crippen LogP contribution in [-0.2, 0) is 0 Å². The molecule has 5 aromatic rings. The Balaban J connectivity index is 1.45. The number of nitrogens with zero attached hydrogens (tertiary/aromatic N) is 1. The molecule has 0 aliphatic heterocycles. The smallest absolute Gasteiger partial charge is 0.127 e. The number of para-hydroxylation sites is 2. The van der Waals surface area contributed by atoms with Crippen molar-refractivity contribution in [3.05, 3.63) is 139 Å². The van der Waals surface area contributed by atoms with Crippen molar-refractivity contribution in [3.63, 3.8) is 0 Å². The van der Waals surface area contributed by atoms with Crippen molar-refractivity contribution < 1.29 is 7.48 Å². The first-order valence-electron chi connectivity index (χ1n) is 11.5. The minimum atomic E-state index is 0.458. The van der Waals surface area contributed by atoms with E-state index >= 15 is 0 Å². The molecule has 0 spiro atoms. The lowest BCUT2D eigenvalue weighted by atomic mass is 10.0. The van der Waals surface area contributed by atoms with E-state index in [9.17, 15) is 0 Å². The summed E-state index contributed by atoms with van der Waals surface area (Å²) in [7, 11) is 0. The van der Waals surface area contributed by atoms with Crippen LogP contribution in [0.4, 0.5) is 17.1 Å². The van der Waals surface area contributed by atoms with Crippen LogP contribution in [0.25, 0.3) is 11.1 Å². The molecule has 0 aromatic heterocycles. The van der Waals surface area contributed by atoms with E-state index in [0.717, 1.165) is 33.9 Å². The molecule has 5 rings (SSSR count). The zero-order chi connectivity index (χ0) is 23.3. The average molecular weight is 418 g/mol. The van der Waals surface area contributed by atoms with E-state index < -0.39 is 0 Å². The molecular formula is C30H23NO. The van der Waals surface area contributed by atoms with Crippen LogP contribution < -0.4 is 9.64 Å². The Morgan fingerprint density at radius 1 is 0.438 bits per heavy atom. The summed E-state index contributed by atoms with van der Waals surface area (Å²) < 4.78 is 21.4. The van der Waals surface area contributed by atoms with Crippen molar-refractivity contribution in [2.24, 2.45) is 0 Å². The molecule has 154 valence electrons. The van der Waals surface area contributed by atoms with Crippen LogP contribution in [0.2, 0.25) is 0 Å². The number of rotatable bonds is 6. The Morgan fingerprint density at radius 2 is 1.00 bits per heavy atom. The molecule has 5 aromatic carbocycles. The molecule has 0 heterocycles. The fourth-order valence-corrected chi connectivity index (χ4v) is 3.64. The molecule has 0 saturated heterocycles. The Kier molecular flexibility index (Phi) is 5.02. The highest BCUT2D eigenvalue weighted by Crippen LogP contribution is 2.36. The average Bonchev–Trinajstić information content (AvgIpc) is 2.88. The minimum Gasteiger partial charge on any atom is -0.457 e. The van der Waals surface area contributed by atoms with E-state index in [-0.39, 0.29) is 0 Å². The van der Waals surface area contributed by atoms with Crippen LogP contribution in [0.1, 0.15) is 2.74 Å². The predicted molar refractivity (Wildman–Crippen MR) is 133 cm³/mol. The summed E-state index contributed by atoms with van der Waals surface area (Å²) in [6, 6.07) is 42.2. The zero-order valence-corrected chi connectivity index (χ0v) is 17.5. The molecule has 0 fully saturated rings. The summed E-state index contributed by atoms with van der Waals surface area (Å²) in [5.74, 6) is 1.44. The van der Waals surface area contributed by atoms with E-state index in [1.54, 1.807) is 30.3 Å². The van der Waals surface area contributed by atoms with Gasteiger partial charge in [-0.05, 0) is 71.8 Å². The monoisotopic (exact) mass is 417 g/mol. The maximum Gasteiger partial charge on any atom is 0.127 e. The van der Waals surface area contributed by atoms with E-state index in [2.05, 4.69) is 41.3 Å². The summed E-state index contributed by atoms with van der Waals surface area (Å²) in [4.78, 5) is 2.20. The molecule has 0 bridgehead atoms. The van der Waals surface area contributed by atoms with Gasteiger partial charge in [-0.25, -0.2) is 0 Å². The largest absolute Gasteiger partial charge is 0.457 e. The van der Waals surface area contributed by atoms with Crippen molar-refractivity contribution in [1.29, 1.82) is 0 Å². The van der Waals surface area contributed by atoms with Gasteiger partial charge in [0, 0.05) is 17.1 Å². The van der Waals surface area contributed by atoms with E-state index in [0.29, 0.717) is 17.8 Å². The fraction of sp³-hybridized carbons (Fsp3) is 0. The standard InChI is InChI=1S/C30H23NO/c1-4-10-24(11-5-1)25-16-18-27(19-17-25)31(26-12-6-2-7-13-26)28-20-22-30(23-21-28)32-29-14-8-3-9-15-29/h1-23H/i3T,4T. The minimum absolute atomic E-state index is 0.458. The van der Waals surface area contributed by atoms with Crippen LogP contribution in [-0.4, -0.2) is 0 Å². The van der Waals surface area contributed by atoms with Gasteiger partial charge >= 0.3 is 0 Å². The maximum absolute atomic E-state index is 7.89. The molecule has 2 nitrogen and oxygen atoms in total. The van der Waals surface area contributed by atoms with Crippen LogP contribution >= 0.6 is 0 Å². The molecule has 32 heavy (non-hydrogen) atoms. The molecule has 0 unspecified atom stereocenters. The quantitative estimate of drug-likeness (QED) is 0.274. The van der Waals surface area contributed by atoms with Crippen LogP contribution in [0.15, 0.2) is 139 Å². The number of benzene rings is 5. The first-order chi connectivity index (χ1) is 16.7. The first-order valence-corrected chi connectivity index (χ1v) is 10.5. The van der Waals surface area contributed by atoms with Gasteiger partial charge in [0.25, 0.3) is 0 Å². The van der Waals surface area contributed by atoms with Crippen LogP contribution in [0.3, 0.4) is 0 Å². The molecule has 2 heteroatoms. The Labute approximate surface area is 191 Å². The molecule has 0 aliphatic carbocycles. The van der Waals surface area contributed by atoms with Gasteiger partial charge in [-0.15, -0.1) is 0 Å². The van der Waals surface area contributed by atoms with Gasteiger partial charge in [0.1, 0.15) is 11.5 Å². The number of anilines is 3. The number of hydrogen-bond donors (Lipinski definition) is 0. The zero-order valence-electron chi connectivity index (χ0n) is 19.5. The van der Waals surface area contributed by atoms with Gasteiger partial charge in [-0.2, -0.15) is 0 Å². The summed E-state index contributed by atoms with van der Waals surface area (Å²) >= 11 is 0. The van der Waals surface area contributed by atoms with Crippen molar-refractivity contribution in [1.82, 2.24) is 0 Å². The van der Waals surface area contributed by atoms with E-state index in [1.807, 2.05) is 60.7 Å². The third-order valence-electron chi connectivity index (χ3n) is 5.20. The molecule has 0 aliphatic rings. The third-order valence-corrected chi connectivity index (χ3v) is 5.20. The SMILES string of the molecule is [3H]c1ccc(Oc2ccc(N(c3ccccc3)c3ccc(-c4cccc([3H])c4)cc3)cc2)cc1. The van der Waals surface area contributed by atoms with Crippen molar-refractivity contribution >= 4 is 17.1 Å². The van der Waals surface area contributed by atoms with Gasteiger partial charge in [-0.3, -0.25) is 0 Å². The Morgan fingerprint density at radius 3 is 1.69 bits per heavy atom. The van der Waals surface area contributed by atoms with Gasteiger partial charge in [0.2, 0.25) is 0 Å². The summed E-state index contributed by atoms with van der Waals surface area (Å²) in [5.41, 5.74) is 5.22. The topological polar surface area (TPSA) is 12.5 Å². The van der Waals surface area contributed by atoms with Gasteiger partial charge in [0.15, 0.2) is 0 Å². The van der Waals surface area contributed by atoms with Crippen LogP contribution in [0, 0.1) is 0 Å². The van der Waals surface area contributed by atoms with Crippen molar-refractivity contribution in [2.75, 3.05) is 4.90 Å². The number of ether oxygens (including phenoxy) is 1. The van der Waals surface area contributed by atoms with Crippen molar-refractivity contribution in [2.45, 2.75) is 0 Å². The highest BCUT2D eigenvalue weighted by atomic mass is 16.5. The summed E-state index contributed by atoms with van der Waals surface area (Å²) in [6.45, 7) is 0. The second kappa shape index (κ2) is 9.23. The summed E-state index contributed by atoms with van der Waals surface area (Å²) in [6.07, 6.45) is 0. The number of hydrogen-bond acceptors (Lipinski definition) is 2. The molecule has 0 atom stereocenters. The van der Waals surface area contributed by atoms with E-state index in [1.165, 1.54) is 0 Å². The highest BCUT2D eigenvalue weighted by molar-refractivity contribution is 5.78. The van der Waals surface area contributed by atoms with Crippen molar-refractivity contribution in [3.8, 4) is 22.6 Å².